The minimum Gasteiger partial charge on any atom is -0.497 e. The van der Waals surface area contributed by atoms with Crippen LogP contribution >= 0.6 is 0 Å². The highest BCUT2D eigenvalue weighted by Gasteiger charge is 2.29. The monoisotopic (exact) mass is 706 g/mol. The van der Waals surface area contributed by atoms with Crippen LogP contribution in [0.15, 0.2) is 91.2 Å². The van der Waals surface area contributed by atoms with Gasteiger partial charge >= 0.3 is 0 Å². The van der Waals surface area contributed by atoms with Gasteiger partial charge in [0.15, 0.2) is 11.0 Å². The first-order chi connectivity index (χ1) is 24.9. The van der Waals surface area contributed by atoms with E-state index in [4.69, 9.17) is 37.3 Å². The average Bonchev–Trinajstić information content (AvgIpc) is 3.10. The normalized spacial score (nSPS) is 11.5. The lowest BCUT2D eigenvalue weighted by molar-refractivity contribution is 0.231. The number of fused-ring (bicyclic) bond motifs is 2. The fraction of sp³-hybridized carbons (Fsp3) is 0.286. The van der Waals surface area contributed by atoms with Crippen molar-refractivity contribution in [2.24, 2.45) is 0 Å². The van der Waals surface area contributed by atoms with Gasteiger partial charge in [0.25, 0.3) is 0 Å². The summed E-state index contributed by atoms with van der Waals surface area (Å²) in [5.41, 5.74) is 0.980. The van der Waals surface area contributed by atoms with Crippen molar-refractivity contribution in [3.8, 4) is 68.3 Å². The van der Waals surface area contributed by atoms with Gasteiger partial charge in [0.1, 0.15) is 62.4 Å². The summed E-state index contributed by atoms with van der Waals surface area (Å²) in [6.07, 6.45) is -0.445. The van der Waals surface area contributed by atoms with Crippen LogP contribution in [0.1, 0.15) is 41.5 Å². The highest BCUT2D eigenvalue weighted by molar-refractivity contribution is 6.04. The van der Waals surface area contributed by atoms with Crippen molar-refractivity contribution in [3.63, 3.8) is 0 Å². The molecule has 0 aliphatic carbocycles. The molecule has 0 aliphatic rings. The molecule has 270 valence electrons. The van der Waals surface area contributed by atoms with Gasteiger partial charge < -0.3 is 37.3 Å². The van der Waals surface area contributed by atoms with E-state index in [-0.39, 0.29) is 85.6 Å². The molecule has 0 amide bonds. The average molecular weight is 707 g/mol. The van der Waals surface area contributed by atoms with Crippen molar-refractivity contribution >= 4 is 21.9 Å². The lowest BCUT2D eigenvalue weighted by atomic mass is 9.94. The molecule has 2 heterocycles. The van der Waals surface area contributed by atoms with E-state index < -0.39 is 5.43 Å². The second kappa shape index (κ2) is 14.8. The van der Waals surface area contributed by atoms with Gasteiger partial charge in [-0.05, 0) is 90.1 Å². The third-order valence-corrected chi connectivity index (χ3v) is 8.15. The van der Waals surface area contributed by atoms with Crippen molar-refractivity contribution in [2.45, 2.75) is 59.9 Å². The largest absolute Gasteiger partial charge is 0.497 e. The Labute approximate surface area is 301 Å². The molecule has 0 radical (unpaired) electrons. The van der Waals surface area contributed by atoms with Gasteiger partial charge in [-0.1, -0.05) is 0 Å². The number of hydrogen-bond donors (Lipinski definition) is 0. The molecule has 0 aliphatic heterocycles. The Kier molecular flexibility index (Phi) is 10.2. The van der Waals surface area contributed by atoms with E-state index in [9.17, 15) is 4.79 Å². The smallest absolute Gasteiger partial charge is 0.205 e. The Morgan fingerprint density at radius 1 is 0.519 bits per heavy atom. The van der Waals surface area contributed by atoms with E-state index in [1.807, 2.05) is 41.5 Å². The van der Waals surface area contributed by atoms with Crippen molar-refractivity contribution in [3.05, 3.63) is 93.2 Å². The van der Waals surface area contributed by atoms with Crippen LogP contribution in [0.25, 0.3) is 55.7 Å². The Morgan fingerprint density at radius 2 is 1.12 bits per heavy atom. The maximum absolute atomic E-state index is 15.2. The SMILES string of the molecule is COc1ccc(-c2oc3cc(OC(C)C)cc(OC(C)C)c3c(=O)c2-c2c(OC)cc(OC)c3c(=O)cc(-c4ccc(OC(C)C)cc4)oc23)cc1. The number of benzene rings is 4. The molecule has 0 unspecified atom stereocenters. The quantitative estimate of drug-likeness (QED) is 0.122. The standard InChI is InChI=1S/C42H42O10/c1-22(2)48-28-16-10-25(11-17-28)31-20-30(43)36-32(46-8)21-33(47-9)38(42(36)51-31)39-40(44)37-34(50-24(5)6)18-29(49-23(3)4)19-35(37)52-41(39)26-12-14-27(45-7)15-13-26/h10-24H,1-9H3. The van der Waals surface area contributed by atoms with Gasteiger partial charge in [-0.15, -0.1) is 0 Å². The first-order valence-corrected chi connectivity index (χ1v) is 17.0. The predicted molar refractivity (Wildman–Crippen MR) is 202 cm³/mol. The van der Waals surface area contributed by atoms with Crippen LogP contribution in [-0.4, -0.2) is 39.6 Å². The predicted octanol–water partition coefficient (Wildman–Crippen LogP) is 9.29. The van der Waals surface area contributed by atoms with Crippen LogP contribution in [0.5, 0.6) is 34.5 Å². The number of hydrogen-bond acceptors (Lipinski definition) is 10. The maximum Gasteiger partial charge on any atom is 0.205 e. The zero-order valence-corrected chi connectivity index (χ0v) is 30.7. The Balaban J connectivity index is 1.76. The molecule has 0 N–H and O–H groups in total. The first-order valence-electron chi connectivity index (χ1n) is 17.0. The fourth-order valence-corrected chi connectivity index (χ4v) is 6.07. The molecule has 0 spiro atoms. The van der Waals surface area contributed by atoms with Gasteiger partial charge in [0.2, 0.25) is 5.43 Å². The van der Waals surface area contributed by atoms with Crippen molar-refractivity contribution in [2.75, 3.05) is 21.3 Å². The van der Waals surface area contributed by atoms with E-state index in [1.54, 1.807) is 73.8 Å². The molecule has 10 nitrogen and oxygen atoms in total. The molecular weight excluding hydrogens is 664 g/mol. The van der Waals surface area contributed by atoms with E-state index >= 15 is 4.79 Å². The minimum absolute atomic E-state index is 0.0127. The molecule has 0 saturated carbocycles. The molecule has 6 rings (SSSR count). The highest BCUT2D eigenvalue weighted by atomic mass is 16.5. The second-order valence-corrected chi connectivity index (χ2v) is 13.0. The van der Waals surface area contributed by atoms with Crippen LogP contribution in [0.4, 0.5) is 0 Å². The van der Waals surface area contributed by atoms with Gasteiger partial charge in [-0.2, -0.15) is 0 Å². The van der Waals surface area contributed by atoms with Crippen LogP contribution in [0.3, 0.4) is 0 Å². The summed E-state index contributed by atoms with van der Waals surface area (Å²) in [6.45, 7) is 11.4. The summed E-state index contributed by atoms with van der Waals surface area (Å²) in [5, 5.41) is 0.309. The Morgan fingerprint density at radius 3 is 1.71 bits per heavy atom. The third kappa shape index (κ3) is 7.01. The molecule has 0 bridgehead atoms. The molecule has 52 heavy (non-hydrogen) atoms. The molecule has 0 saturated heterocycles. The third-order valence-electron chi connectivity index (χ3n) is 8.15. The van der Waals surface area contributed by atoms with Crippen molar-refractivity contribution in [1.82, 2.24) is 0 Å². The topological polar surface area (TPSA) is 116 Å². The zero-order valence-electron chi connectivity index (χ0n) is 30.7. The molecule has 6 aromatic rings. The summed E-state index contributed by atoms with van der Waals surface area (Å²) in [4.78, 5) is 29.2. The van der Waals surface area contributed by atoms with E-state index in [2.05, 4.69) is 0 Å². The minimum atomic E-state index is -0.438. The summed E-state index contributed by atoms with van der Waals surface area (Å²) in [6, 6.07) is 20.7. The van der Waals surface area contributed by atoms with Crippen LogP contribution in [-0.2, 0) is 0 Å². The number of ether oxygens (including phenoxy) is 6. The first kappa shape index (κ1) is 35.9. The van der Waals surface area contributed by atoms with Crippen molar-refractivity contribution < 1.29 is 37.3 Å². The van der Waals surface area contributed by atoms with E-state index in [1.165, 1.54) is 20.3 Å². The van der Waals surface area contributed by atoms with E-state index in [0.29, 0.717) is 28.4 Å². The summed E-state index contributed by atoms with van der Waals surface area (Å²) >= 11 is 0. The summed E-state index contributed by atoms with van der Waals surface area (Å²) < 4.78 is 48.4. The van der Waals surface area contributed by atoms with Gasteiger partial charge in [0, 0.05) is 35.4 Å². The van der Waals surface area contributed by atoms with Gasteiger partial charge in [0.05, 0.1) is 50.8 Å². The highest BCUT2D eigenvalue weighted by Crippen LogP contribution is 2.46. The van der Waals surface area contributed by atoms with E-state index in [0.717, 1.165) is 0 Å². The number of methoxy groups -OCH3 is 3. The van der Waals surface area contributed by atoms with Gasteiger partial charge in [-0.3, -0.25) is 9.59 Å². The number of rotatable bonds is 12. The summed E-state index contributed by atoms with van der Waals surface area (Å²) in [5.74, 6) is 2.94. The van der Waals surface area contributed by atoms with Gasteiger partial charge in [-0.25, -0.2) is 0 Å². The Bertz CT molecular complexity index is 2350. The summed E-state index contributed by atoms with van der Waals surface area (Å²) in [7, 11) is 4.49. The molecule has 0 fully saturated rings. The Hall–Kier alpha value is -5.90. The lowest BCUT2D eigenvalue weighted by Gasteiger charge is -2.19. The van der Waals surface area contributed by atoms with Crippen LogP contribution < -0.4 is 39.3 Å². The molecule has 10 heteroatoms. The zero-order chi connectivity index (χ0) is 37.3. The van der Waals surface area contributed by atoms with Crippen molar-refractivity contribution in [1.29, 1.82) is 0 Å². The molecular formula is C42H42O10. The van der Waals surface area contributed by atoms with Crippen LogP contribution in [0, 0.1) is 0 Å². The lowest BCUT2D eigenvalue weighted by Crippen LogP contribution is -2.14. The molecule has 0 atom stereocenters. The fourth-order valence-electron chi connectivity index (χ4n) is 6.07. The second-order valence-electron chi connectivity index (χ2n) is 13.0. The van der Waals surface area contributed by atoms with Crippen LogP contribution in [0.2, 0.25) is 0 Å². The molecule has 4 aromatic carbocycles. The maximum atomic E-state index is 15.2. The molecule has 2 aromatic heterocycles.